The summed E-state index contributed by atoms with van der Waals surface area (Å²) in [4.78, 5) is 0. The molecule has 0 aliphatic heterocycles. The van der Waals surface area contributed by atoms with Gasteiger partial charge in [-0.15, -0.1) is 5.10 Å². The number of tetrazole rings is 1. The van der Waals surface area contributed by atoms with Gasteiger partial charge in [0.25, 0.3) is 0 Å². The molecule has 0 aliphatic rings. The lowest BCUT2D eigenvalue weighted by molar-refractivity contribution is 0.537. The number of aryl methyl sites for hydroxylation is 1. The molecule has 19 heavy (non-hydrogen) atoms. The van der Waals surface area contributed by atoms with Gasteiger partial charge in [-0.3, -0.25) is 0 Å². The van der Waals surface area contributed by atoms with Crippen LogP contribution >= 0.6 is 0 Å². The lowest BCUT2D eigenvalue weighted by Gasteiger charge is -2.08. The van der Waals surface area contributed by atoms with Gasteiger partial charge in [0.1, 0.15) is 5.82 Å². The highest BCUT2D eigenvalue weighted by atomic mass is 19.1. The van der Waals surface area contributed by atoms with Gasteiger partial charge in [0, 0.05) is 0 Å². The van der Waals surface area contributed by atoms with Crippen LogP contribution in [0.3, 0.4) is 0 Å². The number of halogens is 1. The molecule has 1 N–H and O–H groups in total. The van der Waals surface area contributed by atoms with E-state index < -0.39 is 0 Å². The molecule has 0 fully saturated rings. The second-order valence-electron chi connectivity index (χ2n) is 5.02. The van der Waals surface area contributed by atoms with Crippen molar-refractivity contribution >= 4 is 0 Å². The van der Waals surface area contributed by atoms with Gasteiger partial charge < -0.3 is 5.32 Å². The smallest absolute Gasteiger partial charge is 0.170 e. The summed E-state index contributed by atoms with van der Waals surface area (Å²) in [5.74, 6) is 0.943. The van der Waals surface area contributed by atoms with Crippen LogP contribution < -0.4 is 5.32 Å². The van der Waals surface area contributed by atoms with Gasteiger partial charge in [-0.1, -0.05) is 13.8 Å². The van der Waals surface area contributed by atoms with Crippen molar-refractivity contribution in [1.82, 2.24) is 25.5 Å². The average Bonchev–Trinajstić information content (AvgIpc) is 2.75. The predicted molar refractivity (Wildman–Crippen MR) is 70.4 cm³/mol. The second kappa shape index (κ2) is 5.88. The standard InChI is InChI=1S/C13H18FN5/c1-9(2)7-15-8-13-16-17-18-19(13)12-5-10(3)4-11(14)6-12/h4-6,9,15H,7-8H2,1-3H3. The molecule has 2 rings (SSSR count). The minimum absolute atomic E-state index is 0.286. The van der Waals surface area contributed by atoms with Crippen molar-refractivity contribution in [2.45, 2.75) is 27.3 Å². The molecule has 0 saturated carbocycles. The van der Waals surface area contributed by atoms with Crippen molar-refractivity contribution in [2.24, 2.45) is 5.92 Å². The largest absolute Gasteiger partial charge is 0.310 e. The summed E-state index contributed by atoms with van der Waals surface area (Å²) in [5, 5.41) is 14.8. The zero-order valence-corrected chi connectivity index (χ0v) is 11.4. The molecule has 102 valence electrons. The molecule has 0 amide bonds. The Labute approximate surface area is 111 Å². The summed E-state index contributed by atoms with van der Waals surface area (Å²) in [5.41, 5.74) is 1.48. The first-order valence-corrected chi connectivity index (χ1v) is 6.32. The lowest BCUT2D eigenvalue weighted by Crippen LogP contribution is -2.21. The maximum absolute atomic E-state index is 13.4. The summed E-state index contributed by atoms with van der Waals surface area (Å²) in [7, 11) is 0. The van der Waals surface area contributed by atoms with E-state index in [1.165, 1.54) is 12.1 Å². The van der Waals surface area contributed by atoms with Crippen molar-refractivity contribution in [3.63, 3.8) is 0 Å². The van der Waals surface area contributed by atoms with Crippen LogP contribution in [0.4, 0.5) is 4.39 Å². The van der Waals surface area contributed by atoms with Crippen LogP contribution in [0, 0.1) is 18.7 Å². The Morgan fingerprint density at radius 2 is 2.11 bits per heavy atom. The van der Waals surface area contributed by atoms with Gasteiger partial charge in [-0.2, -0.15) is 4.68 Å². The first-order chi connectivity index (χ1) is 9.06. The zero-order chi connectivity index (χ0) is 13.8. The van der Waals surface area contributed by atoms with Gasteiger partial charge in [-0.05, 0) is 53.6 Å². The molecule has 2 aromatic rings. The Balaban J connectivity index is 2.18. The van der Waals surface area contributed by atoms with Crippen LogP contribution in [0.25, 0.3) is 5.69 Å². The molecule has 1 aromatic heterocycles. The van der Waals surface area contributed by atoms with Gasteiger partial charge in [0.05, 0.1) is 12.2 Å². The summed E-state index contributed by atoms with van der Waals surface area (Å²) < 4.78 is 15.0. The quantitative estimate of drug-likeness (QED) is 0.894. The minimum atomic E-state index is -0.286. The fourth-order valence-electron chi connectivity index (χ4n) is 1.83. The predicted octanol–water partition coefficient (Wildman–Crippen LogP) is 1.86. The van der Waals surface area contributed by atoms with E-state index >= 15 is 0 Å². The van der Waals surface area contributed by atoms with Crippen LogP contribution in [-0.4, -0.2) is 26.8 Å². The lowest BCUT2D eigenvalue weighted by atomic mass is 10.2. The van der Waals surface area contributed by atoms with Crippen LogP contribution in [0.1, 0.15) is 25.2 Å². The van der Waals surface area contributed by atoms with Crippen LogP contribution in [0.15, 0.2) is 18.2 Å². The number of hydrogen-bond donors (Lipinski definition) is 1. The Hall–Kier alpha value is -1.82. The molecular formula is C13H18FN5. The first kappa shape index (κ1) is 13.6. The van der Waals surface area contributed by atoms with Crippen LogP contribution in [0.5, 0.6) is 0 Å². The maximum atomic E-state index is 13.4. The summed E-state index contributed by atoms with van der Waals surface area (Å²) in [6, 6.07) is 4.76. The molecule has 0 radical (unpaired) electrons. The molecule has 6 heteroatoms. The highest BCUT2D eigenvalue weighted by molar-refractivity contribution is 5.35. The second-order valence-corrected chi connectivity index (χ2v) is 5.02. The molecule has 0 aliphatic carbocycles. The van der Waals surface area contributed by atoms with E-state index in [9.17, 15) is 4.39 Å². The fourth-order valence-corrected chi connectivity index (χ4v) is 1.83. The van der Waals surface area contributed by atoms with Gasteiger partial charge >= 0.3 is 0 Å². The molecule has 5 nitrogen and oxygen atoms in total. The van der Waals surface area contributed by atoms with Crippen molar-refractivity contribution in [3.05, 3.63) is 35.4 Å². The minimum Gasteiger partial charge on any atom is -0.310 e. The molecular weight excluding hydrogens is 245 g/mol. The highest BCUT2D eigenvalue weighted by Crippen LogP contribution is 2.13. The molecule has 0 bridgehead atoms. The van der Waals surface area contributed by atoms with E-state index in [0.717, 1.165) is 12.1 Å². The zero-order valence-electron chi connectivity index (χ0n) is 11.4. The number of nitrogens with one attached hydrogen (secondary N) is 1. The van der Waals surface area contributed by atoms with Crippen molar-refractivity contribution in [3.8, 4) is 5.69 Å². The van der Waals surface area contributed by atoms with Crippen molar-refractivity contribution in [1.29, 1.82) is 0 Å². The average molecular weight is 263 g/mol. The highest BCUT2D eigenvalue weighted by Gasteiger charge is 2.09. The van der Waals surface area contributed by atoms with E-state index in [-0.39, 0.29) is 5.82 Å². The summed E-state index contributed by atoms with van der Waals surface area (Å²) in [6.45, 7) is 7.54. The third-order valence-corrected chi connectivity index (χ3v) is 2.64. The van der Waals surface area contributed by atoms with Gasteiger partial charge in [0.2, 0.25) is 0 Å². The topological polar surface area (TPSA) is 55.6 Å². The van der Waals surface area contributed by atoms with Crippen molar-refractivity contribution < 1.29 is 4.39 Å². The van der Waals surface area contributed by atoms with Crippen molar-refractivity contribution in [2.75, 3.05) is 6.54 Å². The molecule has 1 aromatic carbocycles. The molecule has 0 saturated heterocycles. The third kappa shape index (κ3) is 3.57. The fraction of sp³-hybridized carbons (Fsp3) is 0.462. The summed E-state index contributed by atoms with van der Waals surface area (Å²) in [6.07, 6.45) is 0. The molecule has 1 heterocycles. The normalized spacial score (nSPS) is 11.2. The maximum Gasteiger partial charge on any atom is 0.170 e. The number of benzene rings is 1. The molecule has 0 atom stereocenters. The third-order valence-electron chi connectivity index (χ3n) is 2.64. The number of rotatable bonds is 5. The van der Waals surface area contributed by atoms with Gasteiger partial charge in [0.15, 0.2) is 5.82 Å². The van der Waals surface area contributed by atoms with E-state index in [2.05, 4.69) is 34.7 Å². The number of nitrogens with zero attached hydrogens (tertiary/aromatic N) is 4. The number of aromatic nitrogens is 4. The van der Waals surface area contributed by atoms with E-state index in [4.69, 9.17) is 0 Å². The number of hydrogen-bond acceptors (Lipinski definition) is 4. The Morgan fingerprint density at radius 3 is 2.79 bits per heavy atom. The molecule has 0 unspecified atom stereocenters. The Bertz CT molecular complexity index is 529. The van der Waals surface area contributed by atoms with E-state index in [0.29, 0.717) is 24.0 Å². The molecule has 0 spiro atoms. The van der Waals surface area contributed by atoms with Gasteiger partial charge in [-0.25, -0.2) is 4.39 Å². The first-order valence-electron chi connectivity index (χ1n) is 6.32. The monoisotopic (exact) mass is 263 g/mol. The van der Waals surface area contributed by atoms with Crippen LogP contribution in [-0.2, 0) is 6.54 Å². The summed E-state index contributed by atoms with van der Waals surface area (Å²) >= 11 is 0. The Kier molecular flexibility index (Phi) is 4.21. The van der Waals surface area contributed by atoms with E-state index in [1.807, 2.05) is 13.0 Å². The van der Waals surface area contributed by atoms with Crippen LogP contribution in [0.2, 0.25) is 0 Å². The SMILES string of the molecule is Cc1cc(F)cc(-n2nnnc2CNCC(C)C)c1. The van der Waals surface area contributed by atoms with E-state index in [1.54, 1.807) is 4.68 Å². The Morgan fingerprint density at radius 1 is 1.32 bits per heavy atom.